The van der Waals surface area contributed by atoms with Crippen molar-refractivity contribution in [2.45, 2.75) is 95.8 Å². The summed E-state index contributed by atoms with van der Waals surface area (Å²) in [6.07, 6.45) is 13.0. The van der Waals surface area contributed by atoms with E-state index in [9.17, 15) is 0 Å². The SMILES string of the molecule is CCCC(CCCC(CCCC(CCC)c1ccccc1)c1ccccc1)c1ccccc1. The molecule has 0 aliphatic heterocycles. The molecule has 0 aliphatic carbocycles. The summed E-state index contributed by atoms with van der Waals surface area (Å²) < 4.78 is 0. The Morgan fingerprint density at radius 3 is 0.939 bits per heavy atom. The Bertz CT molecular complexity index is 797. The molecule has 3 rings (SSSR count). The summed E-state index contributed by atoms with van der Waals surface area (Å²) in [4.78, 5) is 0. The summed E-state index contributed by atoms with van der Waals surface area (Å²) >= 11 is 0. The van der Waals surface area contributed by atoms with Crippen molar-refractivity contribution in [3.05, 3.63) is 108 Å². The largest absolute Gasteiger partial charge is 0.0654 e. The van der Waals surface area contributed by atoms with Gasteiger partial charge in [0.25, 0.3) is 0 Å². The molecule has 0 spiro atoms. The molecular weight excluding hydrogens is 396 g/mol. The molecule has 0 bridgehead atoms. The lowest BCUT2D eigenvalue weighted by molar-refractivity contribution is 0.456. The minimum absolute atomic E-state index is 0.683. The zero-order valence-electron chi connectivity index (χ0n) is 21.0. The highest BCUT2D eigenvalue weighted by Crippen LogP contribution is 2.34. The van der Waals surface area contributed by atoms with E-state index in [4.69, 9.17) is 0 Å². The fraction of sp³-hybridized carbons (Fsp3) is 0.455. The molecule has 3 aromatic carbocycles. The van der Waals surface area contributed by atoms with Crippen molar-refractivity contribution in [3.63, 3.8) is 0 Å². The average molecular weight is 441 g/mol. The highest BCUT2D eigenvalue weighted by atomic mass is 14.2. The van der Waals surface area contributed by atoms with Gasteiger partial charge in [-0.25, -0.2) is 0 Å². The molecule has 3 aromatic rings. The van der Waals surface area contributed by atoms with Crippen molar-refractivity contribution in [3.8, 4) is 0 Å². The standard InChI is InChI=1S/C33H44/c1-3-16-28(30-18-8-5-9-19-30)24-14-26-33(32-22-12-7-13-23-32)27-15-25-29(17-4-2)31-20-10-6-11-21-31/h5-13,18-23,28-29,33H,3-4,14-17,24-27H2,1-2H3. The van der Waals surface area contributed by atoms with Gasteiger partial charge in [0.05, 0.1) is 0 Å². The first-order chi connectivity index (χ1) is 16.3. The van der Waals surface area contributed by atoms with Crippen LogP contribution in [-0.4, -0.2) is 0 Å². The van der Waals surface area contributed by atoms with Crippen LogP contribution in [0.25, 0.3) is 0 Å². The molecule has 0 saturated heterocycles. The van der Waals surface area contributed by atoms with Gasteiger partial charge < -0.3 is 0 Å². The fourth-order valence-corrected chi connectivity index (χ4v) is 5.53. The van der Waals surface area contributed by atoms with E-state index in [1.807, 2.05) is 0 Å². The molecule has 0 aromatic heterocycles. The Labute approximate surface area is 203 Å². The van der Waals surface area contributed by atoms with Crippen molar-refractivity contribution in [2.75, 3.05) is 0 Å². The molecule has 176 valence electrons. The highest BCUT2D eigenvalue weighted by molar-refractivity contribution is 5.22. The number of hydrogen-bond acceptors (Lipinski definition) is 0. The Morgan fingerprint density at radius 1 is 0.394 bits per heavy atom. The molecule has 0 aliphatic rings. The molecule has 0 saturated carbocycles. The van der Waals surface area contributed by atoms with Crippen LogP contribution in [0.4, 0.5) is 0 Å². The van der Waals surface area contributed by atoms with Crippen LogP contribution in [-0.2, 0) is 0 Å². The number of hydrogen-bond donors (Lipinski definition) is 0. The van der Waals surface area contributed by atoms with Crippen molar-refractivity contribution in [1.82, 2.24) is 0 Å². The lowest BCUT2D eigenvalue weighted by Gasteiger charge is -2.22. The molecule has 0 radical (unpaired) electrons. The summed E-state index contributed by atoms with van der Waals surface area (Å²) in [5, 5.41) is 0. The second-order valence-corrected chi connectivity index (χ2v) is 9.76. The monoisotopic (exact) mass is 440 g/mol. The number of benzene rings is 3. The van der Waals surface area contributed by atoms with Crippen LogP contribution in [0, 0.1) is 0 Å². The third kappa shape index (κ3) is 8.50. The first-order valence-corrected chi connectivity index (χ1v) is 13.5. The van der Waals surface area contributed by atoms with E-state index in [2.05, 4.69) is 105 Å². The van der Waals surface area contributed by atoms with Crippen LogP contribution in [0.5, 0.6) is 0 Å². The van der Waals surface area contributed by atoms with E-state index in [0.29, 0.717) is 17.8 Å². The van der Waals surface area contributed by atoms with E-state index in [0.717, 1.165) is 0 Å². The second-order valence-electron chi connectivity index (χ2n) is 9.76. The van der Waals surface area contributed by atoms with Crippen molar-refractivity contribution in [2.24, 2.45) is 0 Å². The van der Waals surface area contributed by atoms with Gasteiger partial charge in [-0.2, -0.15) is 0 Å². The molecule has 2 unspecified atom stereocenters. The third-order valence-electron chi connectivity index (χ3n) is 7.30. The number of rotatable bonds is 15. The molecule has 2 atom stereocenters. The third-order valence-corrected chi connectivity index (χ3v) is 7.30. The zero-order chi connectivity index (χ0) is 23.1. The van der Waals surface area contributed by atoms with Crippen molar-refractivity contribution >= 4 is 0 Å². The fourth-order valence-electron chi connectivity index (χ4n) is 5.53. The molecule has 0 N–H and O–H groups in total. The summed E-state index contributed by atoms with van der Waals surface area (Å²) in [7, 11) is 0. The molecule has 0 nitrogen and oxygen atoms in total. The predicted molar refractivity (Wildman–Crippen MR) is 145 cm³/mol. The van der Waals surface area contributed by atoms with E-state index >= 15 is 0 Å². The van der Waals surface area contributed by atoms with Crippen molar-refractivity contribution < 1.29 is 0 Å². The Balaban J connectivity index is 1.58. The van der Waals surface area contributed by atoms with Gasteiger partial charge in [0.15, 0.2) is 0 Å². The minimum atomic E-state index is 0.683. The predicted octanol–water partition coefficient (Wildman–Crippen LogP) is 10.3. The highest BCUT2D eigenvalue weighted by Gasteiger charge is 2.16. The average Bonchev–Trinajstić information content (AvgIpc) is 2.88. The minimum Gasteiger partial charge on any atom is -0.0654 e. The smallest absolute Gasteiger partial charge is 0.0162 e. The quantitative estimate of drug-likeness (QED) is 0.220. The lowest BCUT2D eigenvalue weighted by Crippen LogP contribution is -2.05. The summed E-state index contributed by atoms with van der Waals surface area (Å²) in [6, 6.07) is 33.7. The summed E-state index contributed by atoms with van der Waals surface area (Å²) in [5.41, 5.74) is 4.60. The Hall–Kier alpha value is -2.34. The molecule has 0 heterocycles. The van der Waals surface area contributed by atoms with Gasteiger partial charge in [0, 0.05) is 0 Å². The van der Waals surface area contributed by atoms with Gasteiger partial charge in [0.1, 0.15) is 0 Å². The van der Waals surface area contributed by atoms with Gasteiger partial charge in [-0.15, -0.1) is 0 Å². The van der Waals surface area contributed by atoms with E-state index in [1.54, 1.807) is 0 Å². The van der Waals surface area contributed by atoms with Crippen LogP contribution in [0.2, 0.25) is 0 Å². The van der Waals surface area contributed by atoms with Crippen LogP contribution >= 0.6 is 0 Å². The van der Waals surface area contributed by atoms with Crippen LogP contribution < -0.4 is 0 Å². The zero-order valence-corrected chi connectivity index (χ0v) is 21.0. The van der Waals surface area contributed by atoms with Gasteiger partial charge >= 0.3 is 0 Å². The van der Waals surface area contributed by atoms with E-state index in [1.165, 1.54) is 80.9 Å². The maximum Gasteiger partial charge on any atom is -0.0162 e. The van der Waals surface area contributed by atoms with Crippen LogP contribution in [0.1, 0.15) is 112 Å². The Morgan fingerprint density at radius 2 is 0.667 bits per heavy atom. The summed E-state index contributed by atoms with van der Waals surface area (Å²) in [5.74, 6) is 2.10. The molecular formula is C33H44. The van der Waals surface area contributed by atoms with Gasteiger partial charge in [0.2, 0.25) is 0 Å². The maximum absolute atomic E-state index is 2.35. The van der Waals surface area contributed by atoms with E-state index < -0.39 is 0 Å². The molecule has 0 fully saturated rings. The molecule has 0 heteroatoms. The maximum atomic E-state index is 2.35. The molecule has 33 heavy (non-hydrogen) atoms. The first-order valence-electron chi connectivity index (χ1n) is 13.5. The van der Waals surface area contributed by atoms with Gasteiger partial charge in [-0.3, -0.25) is 0 Å². The second kappa shape index (κ2) is 14.7. The Kier molecular flexibility index (Phi) is 11.3. The van der Waals surface area contributed by atoms with Crippen molar-refractivity contribution in [1.29, 1.82) is 0 Å². The summed E-state index contributed by atoms with van der Waals surface area (Å²) in [6.45, 7) is 4.64. The topological polar surface area (TPSA) is 0 Å². The molecule has 0 amide bonds. The normalized spacial score (nSPS) is 14.0. The lowest BCUT2D eigenvalue weighted by atomic mass is 9.83. The van der Waals surface area contributed by atoms with Gasteiger partial charge in [-0.1, -0.05) is 131 Å². The van der Waals surface area contributed by atoms with Crippen LogP contribution in [0.3, 0.4) is 0 Å². The first kappa shape index (κ1) is 25.3. The van der Waals surface area contributed by atoms with Crippen LogP contribution in [0.15, 0.2) is 91.0 Å². The van der Waals surface area contributed by atoms with Gasteiger partial charge in [-0.05, 0) is 73.0 Å². The van der Waals surface area contributed by atoms with E-state index in [-0.39, 0.29) is 0 Å².